The van der Waals surface area contributed by atoms with Crippen molar-refractivity contribution in [2.24, 2.45) is 35.3 Å². The number of hydrogen-bond donors (Lipinski definition) is 2. The molecule has 0 aliphatic heterocycles. The first kappa shape index (κ1) is 13.4. The molecular weight excluding hydrogens is 236 g/mol. The molecule has 0 heterocycles. The smallest absolute Gasteiger partial charge is 0.224 e. The van der Waals surface area contributed by atoms with Crippen LogP contribution in [0.5, 0.6) is 0 Å². The highest BCUT2D eigenvalue weighted by Crippen LogP contribution is 2.47. The molecule has 6 atom stereocenters. The van der Waals surface area contributed by atoms with Gasteiger partial charge in [0.05, 0.1) is 5.92 Å². The molecule has 3 rings (SSSR count). The summed E-state index contributed by atoms with van der Waals surface area (Å²) in [6.07, 6.45) is 8.96. The van der Waals surface area contributed by atoms with Gasteiger partial charge in [0.2, 0.25) is 5.91 Å². The zero-order valence-corrected chi connectivity index (χ0v) is 12.1. The van der Waals surface area contributed by atoms with Crippen molar-refractivity contribution in [3.8, 4) is 0 Å². The Morgan fingerprint density at radius 3 is 2.58 bits per heavy atom. The lowest BCUT2D eigenvalue weighted by atomic mass is 9.80. The Kier molecular flexibility index (Phi) is 3.84. The lowest BCUT2D eigenvalue weighted by Gasteiger charge is -2.31. The molecule has 3 N–H and O–H groups in total. The lowest BCUT2D eigenvalue weighted by Crippen LogP contribution is -2.46. The van der Waals surface area contributed by atoms with Crippen LogP contribution in [0, 0.1) is 29.6 Å². The normalized spacial score (nSPS) is 45.4. The maximum atomic E-state index is 12.4. The van der Waals surface area contributed by atoms with Crippen molar-refractivity contribution in [3.05, 3.63) is 0 Å². The predicted octanol–water partition coefficient (Wildman–Crippen LogP) is 2.30. The zero-order chi connectivity index (χ0) is 13.4. The summed E-state index contributed by atoms with van der Waals surface area (Å²) in [5.41, 5.74) is 6.24. The first-order valence-corrected chi connectivity index (χ1v) is 8.20. The molecule has 3 aliphatic carbocycles. The summed E-state index contributed by atoms with van der Waals surface area (Å²) in [4.78, 5) is 12.4. The van der Waals surface area contributed by atoms with Crippen LogP contribution in [0.1, 0.15) is 51.9 Å². The van der Waals surface area contributed by atoms with Gasteiger partial charge >= 0.3 is 0 Å². The molecule has 0 aromatic heterocycles. The molecule has 108 valence electrons. The summed E-state index contributed by atoms with van der Waals surface area (Å²) >= 11 is 0. The van der Waals surface area contributed by atoms with Crippen LogP contribution in [0.15, 0.2) is 0 Å². The number of nitrogens with one attached hydrogen (secondary N) is 1. The van der Waals surface area contributed by atoms with Crippen molar-refractivity contribution >= 4 is 5.91 Å². The minimum Gasteiger partial charge on any atom is -0.356 e. The highest BCUT2D eigenvalue weighted by atomic mass is 16.1. The van der Waals surface area contributed by atoms with Crippen LogP contribution in [0.25, 0.3) is 0 Å². The van der Waals surface area contributed by atoms with E-state index in [9.17, 15) is 4.79 Å². The van der Waals surface area contributed by atoms with Gasteiger partial charge in [-0.1, -0.05) is 26.2 Å². The fraction of sp³-hybridized carbons (Fsp3) is 0.938. The summed E-state index contributed by atoms with van der Waals surface area (Å²) in [5.74, 6) is 3.00. The van der Waals surface area contributed by atoms with Crippen molar-refractivity contribution in [2.45, 2.75) is 57.9 Å². The first-order chi connectivity index (χ1) is 9.16. The second-order valence-corrected chi connectivity index (χ2v) is 7.20. The molecule has 0 aromatic carbocycles. The minimum absolute atomic E-state index is 0.109. The molecule has 0 spiro atoms. The Labute approximate surface area is 116 Å². The molecule has 3 aliphatic rings. The maximum absolute atomic E-state index is 12.4. The molecule has 1 amide bonds. The van der Waals surface area contributed by atoms with E-state index >= 15 is 0 Å². The highest BCUT2D eigenvalue weighted by molar-refractivity contribution is 5.80. The lowest BCUT2D eigenvalue weighted by molar-refractivity contribution is -0.127. The van der Waals surface area contributed by atoms with Crippen LogP contribution in [0.2, 0.25) is 0 Å². The monoisotopic (exact) mass is 264 g/mol. The fourth-order valence-corrected chi connectivity index (χ4v) is 4.77. The highest BCUT2D eigenvalue weighted by Gasteiger charge is 2.49. The van der Waals surface area contributed by atoms with Gasteiger partial charge in [-0.05, 0) is 49.4 Å². The Hall–Kier alpha value is -0.570. The Morgan fingerprint density at radius 1 is 1.16 bits per heavy atom. The first-order valence-electron chi connectivity index (χ1n) is 8.20. The van der Waals surface area contributed by atoms with Gasteiger partial charge in [0.1, 0.15) is 0 Å². The van der Waals surface area contributed by atoms with Gasteiger partial charge in [0.25, 0.3) is 0 Å². The van der Waals surface area contributed by atoms with Gasteiger partial charge in [0.15, 0.2) is 0 Å². The van der Waals surface area contributed by atoms with Gasteiger partial charge < -0.3 is 11.1 Å². The molecule has 3 saturated carbocycles. The van der Waals surface area contributed by atoms with E-state index in [1.165, 1.54) is 44.9 Å². The number of rotatable bonds is 3. The molecule has 19 heavy (non-hydrogen) atoms. The SMILES string of the molecule is C[C@@H]1CCCC[C@@H]1CNC(=O)[C@H]1[C@H]2CC[C@@H](C2)[C@@H]1N. The van der Waals surface area contributed by atoms with E-state index < -0.39 is 0 Å². The number of nitrogens with two attached hydrogens (primary N) is 1. The van der Waals surface area contributed by atoms with E-state index in [4.69, 9.17) is 5.73 Å². The van der Waals surface area contributed by atoms with Crippen LogP contribution >= 0.6 is 0 Å². The Morgan fingerprint density at radius 2 is 1.89 bits per heavy atom. The van der Waals surface area contributed by atoms with Gasteiger partial charge in [0, 0.05) is 12.6 Å². The van der Waals surface area contributed by atoms with Crippen molar-refractivity contribution < 1.29 is 4.79 Å². The average molecular weight is 264 g/mol. The molecule has 2 bridgehead atoms. The molecular formula is C16H28N2O. The standard InChI is InChI=1S/C16H28N2O/c1-10-4-2-3-5-13(10)9-18-16(19)14-11-6-7-12(8-11)15(14)17/h10-15H,2-9,17H2,1H3,(H,18,19)/t10-,11+,12+,13-,14+,15+/m1/s1. The van der Waals surface area contributed by atoms with Gasteiger partial charge in [-0.25, -0.2) is 0 Å². The third-order valence-corrected chi connectivity index (χ3v) is 6.11. The Balaban J connectivity index is 1.51. The maximum Gasteiger partial charge on any atom is 0.224 e. The molecule has 0 saturated heterocycles. The van der Waals surface area contributed by atoms with E-state index in [-0.39, 0.29) is 17.9 Å². The molecule has 3 fully saturated rings. The van der Waals surface area contributed by atoms with Gasteiger partial charge in [-0.3, -0.25) is 4.79 Å². The minimum atomic E-state index is 0.109. The second kappa shape index (κ2) is 5.43. The van der Waals surface area contributed by atoms with Crippen molar-refractivity contribution in [2.75, 3.05) is 6.54 Å². The zero-order valence-electron chi connectivity index (χ0n) is 12.1. The second-order valence-electron chi connectivity index (χ2n) is 7.20. The summed E-state index contributed by atoms with van der Waals surface area (Å²) in [6, 6.07) is 0.127. The topological polar surface area (TPSA) is 55.1 Å². The summed E-state index contributed by atoms with van der Waals surface area (Å²) < 4.78 is 0. The number of hydrogen-bond acceptors (Lipinski definition) is 2. The van der Waals surface area contributed by atoms with Crippen molar-refractivity contribution in [1.82, 2.24) is 5.32 Å². The molecule has 3 nitrogen and oxygen atoms in total. The van der Waals surface area contributed by atoms with Crippen molar-refractivity contribution in [1.29, 1.82) is 0 Å². The summed E-state index contributed by atoms with van der Waals surface area (Å²) in [7, 11) is 0. The number of carbonyl (C=O) groups excluding carboxylic acids is 1. The summed E-state index contributed by atoms with van der Waals surface area (Å²) in [6.45, 7) is 3.21. The van der Waals surface area contributed by atoms with Gasteiger partial charge in [-0.2, -0.15) is 0 Å². The number of amides is 1. The Bertz CT molecular complexity index is 342. The third kappa shape index (κ3) is 2.54. The average Bonchev–Trinajstić information content (AvgIpc) is 2.98. The van der Waals surface area contributed by atoms with E-state index in [0.29, 0.717) is 17.8 Å². The van der Waals surface area contributed by atoms with E-state index in [0.717, 1.165) is 12.5 Å². The van der Waals surface area contributed by atoms with Gasteiger partial charge in [-0.15, -0.1) is 0 Å². The third-order valence-electron chi connectivity index (χ3n) is 6.11. The fourth-order valence-electron chi connectivity index (χ4n) is 4.77. The largest absolute Gasteiger partial charge is 0.356 e. The number of fused-ring (bicyclic) bond motifs is 2. The molecule has 0 radical (unpaired) electrons. The molecule has 0 aromatic rings. The van der Waals surface area contributed by atoms with Crippen LogP contribution in [-0.4, -0.2) is 18.5 Å². The number of carbonyl (C=O) groups is 1. The van der Waals surface area contributed by atoms with Crippen LogP contribution < -0.4 is 11.1 Å². The van der Waals surface area contributed by atoms with Crippen LogP contribution in [-0.2, 0) is 4.79 Å². The molecule has 0 unspecified atom stereocenters. The van der Waals surface area contributed by atoms with E-state index in [1.54, 1.807) is 0 Å². The molecule has 3 heteroatoms. The van der Waals surface area contributed by atoms with Crippen LogP contribution in [0.3, 0.4) is 0 Å². The van der Waals surface area contributed by atoms with Crippen molar-refractivity contribution in [3.63, 3.8) is 0 Å². The van der Waals surface area contributed by atoms with Crippen LogP contribution in [0.4, 0.5) is 0 Å². The van der Waals surface area contributed by atoms with E-state index in [2.05, 4.69) is 12.2 Å². The quantitative estimate of drug-likeness (QED) is 0.822. The summed E-state index contributed by atoms with van der Waals surface area (Å²) in [5, 5.41) is 3.22. The van der Waals surface area contributed by atoms with E-state index in [1.807, 2.05) is 0 Å². The predicted molar refractivity (Wildman–Crippen MR) is 76.4 cm³/mol.